The van der Waals surface area contributed by atoms with E-state index in [2.05, 4.69) is 27.3 Å². The second-order valence-corrected chi connectivity index (χ2v) is 6.09. The van der Waals surface area contributed by atoms with Gasteiger partial charge in [0.1, 0.15) is 6.04 Å². The molecule has 0 saturated carbocycles. The molecule has 0 spiro atoms. The van der Waals surface area contributed by atoms with Crippen LogP contribution in [0.3, 0.4) is 0 Å². The third-order valence-corrected chi connectivity index (χ3v) is 4.10. The first-order valence-corrected chi connectivity index (χ1v) is 6.90. The number of nitrogens with one attached hydrogen (secondary N) is 1. The van der Waals surface area contributed by atoms with E-state index in [-0.39, 0.29) is 4.90 Å². The van der Waals surface area contributed by atoms with Crippen molar-refractivity contribution in [2.24, 2.45) is 0 Å². The molecule has 2 N–H and O–H groups in total. The molecule has 0 heterocycles. The average molecular weight is 355 g/mol. The van der Waals surface area contributed by atoms with Gasteiger partial charge in [-0.1, -0.05) is 0 Å². The summed E-state index contributed by atoms with van der Waals surface area (Å²) in [5, 5.41) is 8.61. The van der Waals surface area contributed by atoms with E-state index in [9.17, 15) is 13.2 Å². The lowest BCUT2D eigenvalue weighted by Gasteiger charge is -2.09. The van der Waals surface area contributed by atoms with E-state index in [1.165, 1.54) is 19.1 Å². The highest BCUT2D eigenvalue weighted by Gasteiger charge is 2.20. The number of hydrogen-bond donors (Lipinski definition) is 2. The molecule has 1 aromatic carbocycles. The molecule has 88 valence electrons. The monoisotopic (exact) mass is 355 g/mol. The maximum Gasteiger partial charge on any atom is 0.321 e. The van der Waals surface area contributed by atoms with Crippen molar-refractivity contribution in [2.75, 3.05) is 0 Å². The predicted molar refractivity (Wildman–Crippen MR) is 66.6 cm³/mol. The van der Waals surface area contributed by atoms with Gasteiger partial charge in [-0.3, -0.25) is 4.79 Å². The molecule has 1 aromatic rings. The van der Waals surface area contributed by atoms with Crippen LogP contribution < -0.4 is 4.72 Å². The Morgan fingerprint density at radius 3 is 2.31 bits per heavy atom. The molecule has 1 rings (SSSR count). The topological polar surface area (TPSA) is 83.5 Å². The van der Waals surface area contributed by atoms with Gasteiger partial charge in [-0.2, -0.15) is 4.72 Å². The summed E-state index contributed by atoms with van der Waals surface area (Å²) in [6.45, 7) is 1.27. The smallest absolute Gasteiger partial charge is 0.321 e. The molecule has 0 bridgehead atoms. The van der Waals surface area contributed by atoms with E-state index in [4.69, 9.17) is 5.11 Å². The van der Waals surface area contributed by atoms with Gasteiger partial charge in [-0.25, -0.2) is 8.42 Å². The van der Waals surface area contributed by atoms with Gasteiger partial charge in [0, 0.05) is 3.57 Å². The second-order valence-electron chi connectivity index (χ2n) is 3.14. The van der Waals surface area contributed by atoms with Crippen LogP contribution in [0, 0.1) is 3.57 Å². The Morgan fingerprint density at radius 1 is 1.38 bits per heavy atom. The van der Waals surface area contributed by atoms with Crippen LogP contribution in [0.1, 0.15) is 6.92 Å². The van der Waals surface area contributed by atoms with Gasteiger partial charge in [0.15, 0.2) is 0 Å². The van der Waals surface area contributed by atoms with Crippen LogP contribution in [-0.2, 0) is 14.8 Å². The first-order valence-electron chi connectivity index (χ1n) is 4.33. The van der Waals surface area contributed by atoms with Crippen LogP contribution in [-0.4, -0.2) is 25.5 Å². The number of rotatable bonds is 4. The molecule has 0 aliphatic heterocycles. The van der Waals surface area contributed by atoms with Crippen molar-refractivity contribution in [1.82, 2.24) is 4.72 Å². The van der Waals surface area contributed by atoms with Crippen LogP contribution in [0.15, 0.2) is 29.2 Å². The minimum Gasteiger partial charge on any atom is -0.480 e. The highest BCUT2D eigenvalue weighted by atomic mass is 127. The lowest BCUT2D eigenvalue weighted by Crippen LogP contribution is -2.38. The number of hydrogen-bond acceptors (Lipinski definition) is 3. The van der Waals surface area contributed by atoms with Gasteiger partial charge in [0.2, 0.25) is 10.0 Å². The number of carboxylic acids is 1. The summed E-state index contributed by atoms with van der Waals surface area (Å²) in [4.78, 5) is 10.6. The Hall–Kier alpha value is -0.670. The highest BCUT2D eigenvalue weighted by molar-refractivity contribution is 14.1. The average Bonchev–Trinajstić information content (AvgIpc) is 2.17. The first-order chi connectivity index (χ1) is 7.33. The molecular formula is C9H10INO4S. The SMILES string of the molecule is C[C@@H](NS(=O)(=O)c1ccc(I)cc1)C(=O)O. The lowest BCUT2D eigenvalue weighted by molar-refractivity contribution is -0.138. The van der Waals surface area contributed by atoms with Crippen molar-refractivity contribution < 1.29 is 18.3 Å². The molecule has 5 nitrogen and oxygen atoms in total. The number of aliphatic carboxylic acids is 1. The van der Waals surface area contributed by atoms with Crippen LogP contribution >= 0.6 is 22.6 Å². The fourth-order valence-corrected chi connectivity index (χ4v) is 2.52. The van der Waals surface area contributed by atoms with Crippen LogP contribution in [0.5, 0.6) is 0 Å². The minimum absolute atomic E-state index is 0.0565. The Labute approximate surface area is 107 Å². The predicted octanol–water partition coefficient (Wildman–Crippen LogP) is 1.04. The van der Waals surface area contributed by atoms with Gasteiger partial charge >= 0.3 is 5.97 Å². The van der Waals surface area contributed by atoms with Crippen molar-refractivity contribution in [3.8, 4) is 0 Å². The van der Waals surface area contributed by atoms with E-state index in [0.29, 0.717) is 0 Å². The van der Waals surface area contributed by atoms with Crippen molar-refractivity contribution in [1.29, 1.82) is 0 Å². The summed E-state index contributed by atoms with van der Waals surface area (Å²) < 4.78 is 26.3. The molecule has 0 radical (unpaired) electrons. The van der Waals surface area contributed by atoms with Crippen molar-refractivity contribution in [3.05, 3.63) is 27.8 Å². The number of carbonyl (C=O) groups is 1. The van der Waals surface area contributed by atoms with E-state index in [0.717, 1.165) is 3.57 Å². The third-order valence-electron chi connectivity index (χ3n) is 1.83. The second kappa shape index (κ2) is 5.11. The van der Waals surface area contributed by atoms with Gasteiger partial charge < -0.3 is 5.11 Å². The third kappa shape index (κ3) is 3.42. The fraction of sp³-hybridized carbons (Fsp3) is 0.222. The molecule has 0 fully saturated rings. The number of sulfonamides is 1. The molecular weight excluding hydrogens is 345 g/mol. The number of benzene rings is 1. The summed E-state index contributed by atoms with van der Waals surface area (Å²) in [7, 11) is -3.76. The summed E-state index contributed by atoms with van der Waals surface area (Å²) in [5.74, 6) is -1.21. The Morgan fingerprint density at radius 2 is 1.88 bits per heavy atom. The largest absolute Gasteiger partial charge is 0.480 e. The molecule has 0 aliphatic carbocycles. The van der Waals surface area contributed by atoms with Gasteiger partial charge in [-0.15, -0.1) is 0 Å². The Bertz CT molecular complexity index is 483. The maximum absolute atomic E-state index is 11.7. The van der Waals surface area contributed by atoms with Gasteiger partial charge in [0.25, 0.3) is 0 Å². The Balaban J connectivity index is 2.94. The highest BCUT2D eigenvalue weighted by Crippen LogP contribution is 2.12. The molecule has 0 aromatic heterocycles. The molecule has 16 heavy (non-hydrogen) atoms. The van der Waals surface area contributed by atoms with Crippen molar-refractivity contribution in [3.63, 3.8) is 0 Å². The summed E-state index contributed by atoms with van der Waals surface area (Å²) in [5.41, 5.74) is 0. The summed E-state index contributed by atoms with van der Waals surface area (Å²) >= 11 is 2.05. The van der Waals surface area contributed by atoms with Crippen LogP contribution in [0.25, 0.3) is 0 Å². The first kappa shape index (κ1) is 13.4. The quantitative estimate of drug-likeness (QED) is 0.791. The van der Waals surface area contributed by atoms with E-state index >= 15 is 0 Å². The van der Waals surface area contributed by atoms with Gasteiger partial charge in [0.05, 0.1) is 4.90 Å². The van der Waals surface area contributed by atoms with Crippen LogP contribution in [0.4, 0.5) is 0 Å². The lowest BCUT2D eigenvalue weighted by atomic mass is 10.4. The van der Waals surface area contributed by atoms with Crippen molar-refractivity contribution >= 4 is 38.6 Å². The van der Waals surface area contributed by atoms with Crippen molar-refractivity contribution in [2.45, 2.75) is 17.9 Å². The molecule has 0 amide bonds. The Kier molecular flexibility index (Phi) is 4.28. The normalized spacial score (nSPS) is 13.4. The van der Waals surface area contributed by atoms with Crippen LogP contribution in [0.2, 0.25) is 0 Å². The summed E-state index contributed by atoms with van der Waals surface area (Å²) in [6.07, 6.45) is 0. The van der Waals surface area contributed by atoms with E-state index in [1.807, 2.05) is 0 Å². The van der Waals surface area contributed by atoms with E-state index < -0.39 is 22.0 Å². The molecule has 7 heteroatoms. The molecule has 0 unspecified atom stereocenters. The maximum atomic E-state index is 11.7. The molecule has 1 atom stereocenters. The molecule has 0 aliphatic rings. The van der Waals surface area contributed by atoms with E-state index in [1.54, 1.807) is 12.1 Å². The number of halogens is 1. The fourth-order valence-electron chi connectivity index (χ4n) is 0.965. The zero-order chi connectivity index (χ0) is 12.3. The summed E-state index contributed by atoms with van der Waals surface area (Å²) in [6, 6.07) is 4.99. The van der Waals surface area contributed by atoms with Gasteiger partial charge in [-0.05, 0) is 53.8 Å². The zero-order valence-corrected chi connectivity index (χ0v) is 11.3. The minimum atomic E-state index is -3.76. The standard InChI is InChI=1S/C9H10INO4S/c1-6(9(12)13)11-16(14,15)8-4-2-7(10)3-5-8/h2-6,11H,1H3,(H,12,13)/t6-/m1/s1. The number of carboxylic acid groups (broad SMARTS) is 1. The molecule has 0 saturated heterocycles. The zero-order valence-electron chi connectivity index (χ0n) is 8.34.